The van der Waals surface area contributed by atoms with Gasteiger partial charge < -0.3 is 9.80 Å². The SMILES string of the molecule is O=C(Cc1cccs1)N1CCCN(C(=O)c2cccc3ccccc23)CC1. The zero-order valence-corrected chi connectivity index (χ0v) is 16.0. The first-order valence-corrected chi connectivity index (χ1v) is 10.2. The number of nitrogens with zero attached hydrogens (tertiary/aromatic N) is 2. The van der Waals surface area contributed by atoms with Gasteiger partial charge in [-0.25, -0.2) is 0 Å². The highest BCUT2D eigenvalue weighted by Gasteiger charge is 2.23. The Bertz CT molecular complexity index is 947. The zero-order valence-electron chi connectivity index (χ0n) is 15.1. The second-order valence-electron chi connectivity index (χ2n) is 6.81. The van der Waals surface area contributed by atoms with Crippen molar-refractivity contribution in [1.29, 1.82) is 0 Å². The van der Waals surface area contributed by atoms with Crippen LogP contribution in [0.2, 0.25) is 0 Å². The molecule has 1 aliphatic heterocycles. The second-order valence-corrected chi connectivity index (χ2v) is 7.84. The Balaban J connectivity index is 1.46. The molecular formula is C22H22N2O2S. The van der Waals surface area contributed by atoms with Crippen LogP contribution in [0.1, 0.15) is 21.7 Å². The monoisotopic (exact) mass is 378 g/mol. The van der Waals surface area contributed by atoms with E-state index in [-0.39, 0.29) is 11.8 Å². The molecule has 5 heteroatoms. The van der Waals surface area contributed by atoms with E-state index in [1.165, 1.54) is 0 Å². The van der Waals surface area contributed by atoms with E-state index < -0.39 is 0 Å². The predicted molar refractivity (Wildman–Crippen MR) is 109 cm³/mol. The van der Waals surface area contributed by atoms with Crippen LogP contribution in [0.3, 0.4) is 0 Å². The molecule has 0 radical (unpaired) electrons. The smallest absolute Gasteiger partial charge is 0.254 e. The van der Waals surface area contributed by atoms with Gasteiger partial charge in [-0.1, -0.05) is 42.5 Å². The number of hydrogen-bond donors (Lipinski definition) is 0. The molecule has 4 nitrogen and oxygen atoms in total. The van der Waals surface area contributed by atoms with Crippen molar-refractivity contribution < 1.29 is 9.59 Å². The maximum Gasteiger partial charge on any atom is 0.254 e. The lowest BCUT2D eigenvalue weighted by Gasteiger charge is -2.22. The van der Waals surface area contributed by atoms with Crippen LogP contribution in [-0.4, -0.2) is 47.8 Å². The highest BCUT2D eigenvalue weighted by atomic mass is 32.1. The minimum Gasteiger partial charge on any atom is -0.341 e. The summed E-state index contributed by atoms with van der Waals surface area (Å²) in [6, 6.07) is 17.8. The third kappa shape index (κ3) is 3.88. The van der Waals surface area contributed by atoms with E-state index in [9.17, 15) is 9.59 Å². The van der Waals surface area contributed by atoms with E-state index in [2.05, 4.69) is 0 Å². The molecule has 0 atom stereocenters. The Kier molecular flexibility index (Phi) is 5.21. The van der Waals surface area contributed by atoms with E-state index in [1.807, 2.05) is 69.8 Å². The molecule has 0 bridgehead atoms. The molecule has 27 heavy (non-hydrogen) atoms. The molecule has 0 saturated carbocycles. The van der Waals surface area contributed by atoms with Gasteiger partial charge >= 0.3 is 0 Å². The van der Waals surface area contributed by atoms with Gasteiger partial charge in [0.05, 0.1) is 6.42 Å². The number of thiophene rings is 1. The third-order valence-electron chi connectivity index (χ3n) is 5.06. The van der Waals surface area contributed by atoms with Crippen molar-refractivity contribution in [2.24, 2.45) is 0 Å². The first kappa shape index (κ1) is 17.7. The van der Waals surface area contributed by atoms with Crippen molar-refractivity contribution in [2.75, 3.05) is 26.2 Å². The summed E-state index contributed by atoms with van der Waals surface area (Å²) in [6.45, 7) is 2.58. The number of carbonyl (C=O) groups excluding carboxylic acids is 2. The Morgan fingerprint density at radius 2 is 1.63 bits per heavy atom. The molecule has 1 aliphatic rings. The molecule has 3 aromatic rings. The molecule has 2 aromatic carbocycles. The quantitative estimate of drug-likeness (QED) is 0.695. The van der Waals surface area contributed by atoms with Gasteiger partial charge in [-0.15, -0.1) is 11.3 Å². The lowest BCUT2D eigenvalue weighted by Crippen LogP contribution is -2.38. The molecular weight excluding hydrogens is 356 g/mol. The van der Waals surface area contributed by atoms with Crippen molar-refractivity contribution in [3.8, 4) is 0 Å². The summed E-state index contributed by atoms with van der Waals surface area (Å²) in [5.74, 6) is 0.205. The highest BCUT2D eigenvalue weighted by Crippen LogP contribution is 2.21. The van der Waals surface area contributed by atoms with Gasteiger partial charge in [0.15, 0.2) is 0 Å². The average molecular weight is 378 g/mol. The van der Waals surface area contributed by atoms with Gasteiger partial charge in [0.1, 0.15) is 0 Å². The zero-order chi connectivity index (χ0) is 18.6. The first-order valence-electron chi connectivity index (χ1n) is 9.29. The fourth-order valence-corrected chi connectivity index (χ4v) is 4.32. The van der Waals surface area contributed by atoms with Crippen LogP contribution in [-0.2, 0) is 11.2 Å². The Morgan fingerprint density at radius 3 is 2.48 bits per heavy atom. The standard InChI is InChI=1S/C22H22N2O2S/c25-21(16-18-8-4-15-27-18)23-11-5-12-24(14-13-23)22(26)20-10-3-7-17-6-1-2-9-19(17)20/h1-4,6-10,15H,5,11-14,16H2. The molecule has 1 saturated heterocycles. The average Bonchev–Trinajstić information content (AvgIpc) is 3.08. The number of amides is 2. The summed E-state index contributed by atoms with van der Waals surface area (Å²) >= 11 is 1.61. The van der Waals surface area contributed by atoms with Gasteiger partial charge in [-0.2, -0.15) is 0 Å². The van der Waals surface area contributed by atoms with Crippen LogP contribution < -0.4 is 0 Å². The Labute approximate surface area is 163 Å². The molecule has 2 amide bonds. The molecule has 0 aliphatic carbocycles. The van der Waals surface area contributed by atoms with Crippen LogP contribution in [0, 0.1) is 0 Å². The summed E-state index contributed by atoms with van der Waals surface area (Å²) in [5.41, 5.74) is 0.742. The Morgan fingerprint density at radius 1 is 0.852 bits per heavy atom. The van der Waals surface area contributed by atoms with Gasteiger partial charge in [0.2, 0.25) is 5.91 Å². The lowest BCUT2D eigenvalue weighted by molar-refractivity contribution is -0.130. The molecule has 4 rings (SSSR count). The summed E-state index contributed by atoms with van der Waals surface area (Å²) < 4.78 is 0. The van der Waals surface area contributed by atoms with Crippen molar-refractivity contribution in [2.45, 2.75) is 12.8 Å². The molecule has 138 valence electrons. The van der Waals surface area contributed by atoms with E-state index in [0.29, 0.717) is 32.6 Å². The van der Waals surface area contributed by atoms with E-state index in [0.717, 1.165) is 27.6 Å². The van der Waals surface area contributed by atoms with Crippen molar-refractivity contribution >= 4 is 33.9 Å². The highest BCUT2D eigenvalue weighted by molar-refractivity contribution is 7.10. The minimum atomic E-state index is 0.0550. The van der Waals surface area contributed by atoms with Crippen LogP contribution in [0.4, 0.5) is 0 Å². The first-order chi connectivity index (χ1) is 13.2. The molecule has 0 spiro atoms. The third-order valence-corrected chi connectivity index (χ3v) is 5.94. The van der Waals surface area contributed by atoms with Crippen LogP contribution >= 0.6 is 11.3 Å². The van der Waals surface area contributed by atoms with Crippen LogP contribution in [0.5, 0.6) is 0 Å². The fraction of sp³-hybridized carbons (Fsp3) is 0.273. The number of carbonyl (C=O) groups is 2. The van der Waals surface area contributed by atoms with Crippen LogP contribution in [0.25, 0.3) is 10.8 Å². The molecule has 1 fully saturated rings. The largest absolute Gasteiger partial charge is 0.341 e. The van der Waals surface area contributed by atoms with Gasteiger partial charge in [-0.3, -0.25) is 9.59 Å². The van der Waals surface area contributed by atoms with Gasteiger partial charge in [-0.05, 0) is 34.7 Å². The number of benzene rings is 2. The van der Waals surface area contributed by atoms with E-state index >= 15 is 0 Å². The summed E-state index contributed by atoms with van der Waals surface area (Å²) in [5, 5.41) is 4.06. The fourth-order valence-electron chi connectivity index (χ4n) is 3.63. The maximum atomic E-state index is 13.1. The topological polar surface area (TPSA) is 40.6 Å². The molecule has 0 N–H and O–H groups in total. The maximum absolute atomic E-state index is 13.1. The predicted octanol–water partition coefficient (Wildman–Crippen LogP) is 3.82. The summed E-state index contributed by atoms with van der Waals surface area (Å²) in [4.78, 5) is 30.6. The molecule has 1 aromatic heterocycles. The second kappa shape index (κ2) is 7.92. The van der Waals surface area contributed by atoms with Gasteiger partial charge in [0, 0.05) is 36.6 Å². The normalized spacial score (nSPS) is 15.0. The van der Waals surface area contributed by atoms with Crippen LogP contribution in [0.15, 0.2) is 60.0 Å². The number of fused-ring (bicyclic) bond motifs is 1. The van der Waals surface area contributed by atoms with Gasteiger partial charge in [0.25, 0.3) is 5.91 Å². The van der Waals surface area contributed by atoms with E-state index in [1.54, 1.807) is 11.3 Å². The Hall–Kier alpha value is -2.66. The van der Waals surface area contributed by atoms with Crippen molar-refractivity contribution in [3.05, 3.63) is 70.4 Å². The van der Waals surface area contributed by atoms with Crippen molar-refractivity contribution in [3.63, 3.8) is 0 Å². The lowest BCUT2D eigenvalue weighted by atomic mass is 10.0. The summed E-state index contributed by atoms with van der Waals surface area (Å²) in [6.07, 6.45) is 1.27. The number of hydrogen-bond acceptors (Lipinski definition) is 3. The molecule has 2 heterocycles. The summed E-state index contributed by atoms with van der Waals surface area (Å²) in [7, 11) is 0. The number of rotatable bonds is 3. The molecule has 0 unspecified atom stereocenters. The van der Waals surface area contributed by atoms with E-state index in [4.69, 9.17) is 0 Å². The minimum absolute atomic E-state index is 0.0550. The van der Waals surface area contributed by atoms with Crippen molar-refractivity contribution in [1.82, 2.24) is 9.80 Å².